The van der Waals surface area contributed by atoms with Gasteiger partial charge in [-0.15, -0.1) is 0 Å². The molecule has 3 heteroatoms. The van der Waals surface area contributed by atoms with Crippen LogP contribution in [0.4, 0.5) is 0 Å². The Morgan fingerprint density at radius 2 is 1.22 bits per heavy atom. The van der Waals surface area contributed by atoms with Gasteiger partial charge in [-0.1, -0.05) is 51.6 Å². The van der Waals surface area contributed by atoms with E-state index in [4.69, 9.17) is 11.6 Å². The van der Waals surface area contributed by atoms with E-state index in [1.165, 1.54) is 62.6 Å². The maximum atomic E-state index is 5.72. The summed E-state index contributed by atoms with van der Waals surface area (Å²) in [6.45, 7) is 11.9. The van der Waals surface area contributed by atoms with Crippen LogP contribution >= 0.6 is 11.6 Å². The molecule has 0 aliphatic carbocycles. The topological polar surface area (TPSA) is 0 Å². The van der Waals surface area contributed by atoms with Crippen LogP contribution in [0.1, 0.15) is 59.3 Å². The predicted molar refractivity (Wildman–Crippen MR) is 79.4 cm³/mol. The van der Waals surface area contributed by atoms with Crippen LogP contribution in [-0.4, -0.2) is 30.7 Å². The molecule has 0 aromatic heterocycles. The molecule has 1 nitrogen and oxygen atoms in total. The molecule has 0 amide bonds. The van der Waals surface area contributed by atoms with Crippen molar-refractivity contribution < 1.29 is 16.9 Å². The molecule has 0 saturated heterocycles. The van der Waals surface area contributed by atoms with Crippen molar-refractivity contribution in [3.8, 4) is 0 Å². The number of hydrogen-bond donors (Lipinski definition) is 0. The summed E-state index contributed by atoms with van der Waals surface area (Å²) < 4.78 is 1.25. The number of rotatable bonds is 11. The van der Waals surface area contributed by atoms with Gasteiger partial charge in [0.05, 0.1) is 26.2 Å². The minimum Gasteiger partial charge on any atom is -1.00 e. The van der Waals surface area contributed by atoms with Crippen LogP contribution in [0, 0.1) is 0 Å². The molecule has 0 N–H and O–H groups in total. The Labute approximate surface area is 126 Å². The first kappa shape index (κ1) is 20.6. The summed E-state index contributed by atoms with van der Waals surface area (Å²) in [7, 11) is 0. The number of halogens is 2. The van der Waals surface area contributed by atoms with E-state index in [1.807, 2.05) is 0 Å². The van der Waals surface area contributed by atoms with Crippen molar-refractivity contribution in [3.05, 3.63) is 11.6 Å². The van der Waals surface area contributed by atoms with Crippen molar-refractivity contribution >= 4 is 11.6 Å². The molecule has 0 aromatic rings. The van der Waals surface area contributed by atoms with Crippen LogP contribution in [0.2, 0.25) is 0 Å². The fourth-order valence-corrected chi connectivity index (χ4v) is 2.43. The monoisotopic (exact) mass is 295 g/mol. The van der Waals surface area contributed by atoms with E-state index in [1.54, 1.807) is 5.54 Å². The first-order valence-corrected chi connectivity index (χ1v) is 7.78. The summed E-state index contributed by atoms with van der Waals surface area (Å²) in [5, 5.41) is 0. The highest BCUT2D eigenvalue weighted by Crippen LogP contribution is 2.15. The predicted octanol–water partition coefficient (Wildman–Crippen LogP) is 1.96. The van der Waals surface area contributed by atoms with Crippen molar-refractivity contribution in [3.63, 3.8) is 0 Å². The standard InChI is InChI=1S/C15H31ClN.ClH/c1-4-7-12-17(13-8-5-2,14-9-6-3)15-10-11-16;/h10-11H,4-9,12-15H2,1-3H3;1H/q+1;/p-1/b11-10-;. The van der Waals surface area contributed by atoms with Gasteiger partial charge in [-0.2, -0.15) is 0 Å². The first-order valence-electron chi connectivity index (χ1n) is 7.35. The smallest absolute Gasteiger partial charge is 0.0985 e. The van der Waals surface area contributed by atoms with E-state index in [0.717, 1.165) is 6.54 Å². The van der Waals surface area contributed by atoms with Crippen molar-refractivity contribution in [2.75, 3.05) is 26.2 Å². The van der Waals surface area contributed by atoms with Crippen LogP contribution < -0.4 is 12.4 Å². The second-order valence-electron chi connectivity index (χ2n) is 5.12. The quantitative estimate of drug-likeness (QED) is 0.511. The van der Waals surface area contributed by atoms with Gasteiger partial charge in [-0.25, -0.2) is 0 Å². The van der Waals surface area contributed by atoms with Crippen molar-refractivity contribution in [2.45, 2.75) is 59.3 Å². The van der Waals surface area contributed by atoms with Crippen molar-refractivity contribution in [1.82, 2.24) is 0 Å². The summed E-state index contributed by atoms with van der Waals surface area (Å²) in [4.78, 5) is 0. The lowest BCUT2D eigenvalue weighted by Gasteiger charge is -2.38. The molecule has 0 spiro atoms. The summed E-state index contributed by atoms with van der Waals surface area (Å²) in [6, 6.07) is 0. The molecule has 0 heterocycles. The molecule has 0 radical (unpaired) electrons. The fourth-order valence-electron chi connectivity index (χ4n) is 2.35. The minimum atomic E-state index is 0. The van der Waals surface area contributed by atoms with Gasteiger partial charge in [0.2, 0.25) is 0 Å². The maximum Gasteiger partial charge on any atom is 0.0985 e. The molecule has 0 aliphatic heterocycles. The zero-order valence-corrected chi connectivity index (χ0v) is 13.9. The molecule has 0 aliphatic rings. The molecule has 0 unspecified atom stereocenters. The van der Waals surface area contributed by atoms with Crippen LogP contribution in [0.3, 0.4) is 0 Å². The van der Waals surface area contributed by atoms with E-state index in [0.29, 0.717) is 0 Å². The third-order valence-corrected chi connectivity index (χ3v) is 3.72. The van der Waals surface area contributed by atoms with E-state index < -0.39 is 0 Å². The highest BCUT2D eigenvalue weighted by molar-refractivity contribution is 6.25. The fraction of sp³-hybridized carbons (Fsp3) is 0.867. The number of unbranched alkanes of at least 4 members (excludes halogenated alkanes) is 3. The van der Waals surface area contributed by atoms with Crippen molar-refractivity contribution in [1.29, 1.82) is 0 Å². The van der Waals surface area contributed by atoms with Crippen molar-refractivity contribution in [2.24, 2.45) is 0 Å². The number of hydrogen-bond acceptors (Lipinski definition) is 0. The molecule has 18 heavy (non-hydrogen) atoms. The SMILES string of the molecule is CCCC[N+](C/C=C\Cl)(CCCC)CCCC.[Cl-]. The lowest BCUT2D eigenvalue weighted by atomic mass is 10.1. The number of nitrogens with zero attached hydrogens (tertiary/aromatic N) is 1. The summed E-state index contributed by atoms with van der Waals surface area (Å²) in [5.41, 5.74) is 1.69. The minimum absolute atomic E-state index is 0. The molecule has 0 fully saturated rings. The summed E-state index contributed by atoms with van der Waals surface area (Å²) in [5.74, 6) is 0. The van der Waals surface area contributed by atoms with Gasteiger partial charge >= 0.3 is 0 Å². The Bertz CT molecular complexity index is 171. The molecule has 0 saturated carbocycles. The van der Waals surface area contributed by atoms with Crippen LogP contribution in [-0.2, 0) is 0 Å². The van der Waals surface area contributed by atoms with Crippen LogP contribution in [0.5, 0.6) is 0 Å². The lowest BCUT2D eigenvalue weighted by Crippen LogP contribution is -3.00. The third-order valence-electron chi connectivity index (χ3n) is 3.54. The zero-order valence-electron chi connectivity index (χ0n) is 12.4. The summed E-state index contributed by atoms with van der Waals surface area (Å²) >= 11 is 5.72. The largest absolute Gasteiger partial charge is 1.00 e. The van der Waals surface area contributed by atoms with E-state index in [2.05, 4.69) is 26.8 Å². The highest BCUT2D eigenvalue weighted by atomic mass is 35.5. The normalized spacial score (nSPS) is 11.8. The van der Waals surface area contributed by atoms with Gasteiger partial charge in [0, 0.05) is 5.54 Å². The van der Waals surface area contributed by atoms with Crippen LogP contribution in [0.25, 0.3) is 0 Å². The van der Waals surface area contributed by atoms with Gasteiger partial charge in [0.25, 0.3) is 0 Å². The molecular weight excluding hydrogens is 265 g/mol. The van der Waals surface area contributed by atoms with E-state index in [9.17, 15) is 0 Å². The van der Waals surface area contributed by atoms with Gasteiger partial charge in [0.15, 0.2) is 0 Å². The Morgan fingerprint density at radius 3 is 1.50 bits per heavy atom. The third kappa shape index (κ3) is 9.24. The molecule has 0 aromatic carbocycles. The Balaban J connectivity index is 0. The van der Waals surface area contributed by atoms with Crippen LogP contribution in [0.15, 0.2) is 11.6 Å². The maximum absolute atomic E-state index is 5.72. The Morgan fingerprint density at radius 1 is 0.833 bits per heavy atom. The molecule has 0 rings (SSSR count). The molecule has 0 atom stereocenters. The lowest BCUT2D eigenvalue weighted by molar-refractivity contribution is -0.923. The average Bonchev–Trinajstić information content (AvgIpc) is 2.37. The summed E-state index contributed by atoms with van der Waals surface area (Å²) in [6.07, 6.45) is 10.0. The van der Waals surface area contributed by atoms with Gasteiger partial charge < -0.3 is 16.9 Å². The van der Waals surface area contributed by atoms with E-state index in [-0.39, 0.29) is 12.4 Å². The second-order valence-corrected chi connectivity index (χ2v) is 5.37. The highest BCUT2D eigenvalue weighted by Gasteiger charge is 2.23. The van der Waals surface area contributed by atoms with Gasteiger partial charge in [-0.3, -0.25) is 0 Å². The van der Waals surface area contributed by atoms with Gasteiger partial charge in [0.1, 0.15) is 0 Å². The van der Waals surface area contributed by atoms with Gasteiger partial charge in [-0.05, 0) is 25.3 Å². The second kappa shape index (κ2) is 13.7. The first-order chi connectivity index (χ1) is 8.24. The molecule has 110 valence electrons. The Kier molecular flexibility index (Phi) is 15.7. The zero-order chi connectivity index (χ0) is 13.0. The average molecular weight is 296 g/mol. The van der Waals surface area contributed by atoms with E-state index >= 15 is 0 Å². The molecule has 0 bridgehead atoms. The Hall–Kier alpha value is 0.280. The number of quaternary nitrogens is 1. The molecular formula is C15H31Cl2N.